The third kappa shape index (κ3) is 4.77. The van der Waals surface area contributed by atoms with Crippen molar-refractivity contribution in [3.8, 4) is 0 Å². The standard InChI is InChI=1S/C20H23FN6O2S2/c1-20(2,3)26-19(28)13-10-27(30-21)18-17(13)25-15(9-24-18)16(22)12-7-6-11(31(5)29)8-14(12)23-4/h6-10,22-23H,1-5H3,(H,26,28). The first kappa shape index (κ1) is 22.9. The molecule has 164 valence electrons. The van der Waals surface area contributed by atoms with Gasteiger partial charge >= 0.3 is 0 Å². The van der Waals surface area contributed by atoms with Gasteiger partial charge in [-0.15, -0.1) is 3.89 Å². The number of anilines is 1. The Balaban J connectivity index is 2.10. The van der Waals surface area contributed by atoms with Gasteiger partial charge in [0.25, 0.3) is 5.91 Å². The van der Waals surface area contributed by atoms with Crippen LogP contribution in [0.4, 0.5) is 9.57 Å². The fourth-order valence-electron chi connectivity index (χ4n) is 2.98. The highest BCUT2D eigenvalue weighted by atomic mass is 32.2. The number of aromatic nitrogens is 3. The Labute approximate surface area is 186 Å². The number of nitrogens with one attached hydrogen (secondary N) is 3. The lowest BCUT2D eigenvalue weighted by atomic mass is 10.1. The lowest BCUT2D eigenvalue weighted by Gasteiger charge is -2.20. The topological polar surface area (TPSA) is 113 Å². The van der Waals surface area contributed by atoms with E-state index in [0.717, 1.165) is 3.97 Å². The van der Waals surface area contributed by atoms with Gasteiger partial charge in [-0.1, -0.05) is 0 Å². The van der Waals surface area contributed by atoms with Crippen molar-refractivity contribution in [1.29, 1.82) is 5.41 Å². The molecule has 0 radical (unpaired) electrons. The van der Waals surface area contributed by atoms with Crippen LogP contribution in [-0.4, -0.2) is 48.6 Å². The van der Waals surface area contributed by atoms with Crippen LogP contribution in [0.5, 0.6) is 0 Å². The van der Waals surface area contributed by atoms with Crippen LogP contribution in [0.25, 0.3) is 11.2 Å². The van der Waals surface area contributed by atoms with Crippen molar-refractivity contribution in [3.63, 3.8) is 0 Å². The Hall–Kier alpha value is -2.79. The van der Waals surface area contributed by atoms with Crippen molar-refractivity contribution in [3.05, 3.63) is 47.4 Å². The molecule has 1 aromatic carbocycles. The van der Waals surface area contributed by atoms with Crippen molar-refractivity contribution in [1.82, 2.24) is 19.3 Å². The van der Waals surface area contributed by atoms with Crippen molar-refractivity contribution in [2.24, 2.45) is 0 Å². The summed E-state index contributed by atoms with van der Waals surface area (Å²) >= 11 is -0.0829. The highest BCUT2D eigenvalue weighted by Crippen LogP contribution is 2.26. The molecule has 2 heterocycles. The number of amides is 1. The minimum Gasteiger partial charge on any atom is -0.388 e. The number of hydrogen-bond acceptors (Lipinski definition) is 7. The zero-order valence-corrected chi connectivity index (χ0v) is 19.4. The summed E-state index contributed by atoms with van der Waals surface area (Å²) in [7, 11) is 0.541. The molecule has 0 spiro atoms. The van der Waals surface area contributed by atoms with E-state index in [1.54, 1.807) is 31.5 Å². The molecule has 1 amide bonds. The Morgan fingerprint density at radius 2 is 2.00 bits per heavy atom. The summed E-state index contributed by atoms with van der Waals surface area (Å²) in [5.41, 5.74) is 1.50. The van der Waals surface area contributed by atoms with E-state index in [-0.39, 0.29) is 40.5 Å². The van der Waals surface area contributed by atoms with E-state index >= 15 is 0 Å². The van der Waals surface area contributed by atoms with Gasteiger partial charge in [-0.2, -0.15) is 0 Å². The van der Waals surface area contributed by atoms with Crippen LogP contribution in [0, 0.1) is 5.41 Å². The van der Waals surface area contributed by atoms with Crippen LogP contribution < -0.4 is 10.6 Å². The van der Waals surface area contributed by atoms with Gasteiger partial charge in [0.05, 0.1) is 17.5 Å². The summed E-state index contributed by atoms with van der Waals surface area (Å²) in [6, 6.07) is 5.09. The second kappa shape index (κ2) is 8.75. The molecule has 31 heavy (non-hydrogen) atoms. The highest BCUT2D eigenvalue weighted by molar-refractivity contribution is 7.92. The predicted molar refractivity (Wildman–Crippen MR) is 123 cm³/mol. The number of halogens is 1. The molecule has 0 aliphatic rings. The van der Waals surface area contributed by atoms with Crippen molar-refractivity contribution in [2.75, 3.05) is 18.6 Å². The Morgan fingerprint density at radius 3 is 2.58 bits per heavy atom. The van der Waals surface area contributed by atoms with Crippen LogP contribution in [0.3, 0.4) is 0 Å². The first-order valence-corrected chi connectivity index (χ1v) is 11.5. The van der Waals surface area contributed by atoms with E-state index in [4.69, 9.17) is 5.41 Å². The summed E-state index contributed by atoms with van der Waals surface area (Å²) in [6.07, 6.45) is 4.29. The molecule has 0 aliphatic carbocycles. The lowest BCUT2D eigenvalue weighted by molar-refractivity contribution is 0.0921. The Morgan fingerprint density at radius 1 is 1.29 bits per heavy atom. The molecule has 0 saturated carbocycles. The minimum absolute atomic E-state index is 0.0648. The molecule has 0 bridgehead atoms. The van der Waals surface area contributed by atoms with Gasteiger partial charge in [-0.3, -0.25) is 14.4 Å². The third-order valence-electron chi connectivity index (χ3n) is 4.39. The SMILES string of the molecule is CNc1cc(S(C)=O)ccc1C(=N)c1cnc2c(n1)c(C(=O)NC(C)(C)C)cn2SF. The first-order valence-electron chi connectivity index (χ1n) is 9.30. The average Bonchev–Trinajstić information content (AvgIpc) is 3.09. The lowest BCUT2D eigenvalue weighted by Crippen LogP contribution is -2.40. The fourth-order valence-corrected chi connectivity index (χ4v) is 3.86. The molecule has 0 aliphatic heterocycles. The van der Waals surface area contributed by atoms with Gasteiger partial charge in [0, 0.05) is 52.0 Å². The number of hydrogen-bond donors (Lipinski definition) is 3. The number of rotatable bonds is 6. The molecule has 1 unspecified atom stereocenters. The molecule has 3 N–H and O–H groups in total. The number of benzene rings is 1. The maximum absolute atomic E-state index is 13.4. The van der Waals surface area contributed by atoms with Crippen LogP contribution >= 0.6 is 12.3 Å². The third-order valence-corrected chi connectivity index (χ3v) is 5.73. The zero-order chi connectivity index (χ0) is 22.9. The smallest absolute Gasteiger partial charge is 0.255 e. The van der Waals surface area contributed by atoms with E-state index in [1.165, 1.54) is 12.4 Å². The number of fused-ring (bicyclic) bond motifs is 1. The van der Waals surface area contributed by atoms with Crippen molar-refractivity contribution >= 4 is 51.6 Å². The predicted octanol–water partition coefficient (Wildman–Crippen LogP) is 3.54. The number of carbonyl (C=O) groups is 1. The van der Waals surface area contributed by atoms with Gasteiger partial charge in [0.1, 0.15) is 11.2 Å². The van der Waals surface area contributed by atoms with E-state index < -0.39 is 22.2 Å². The maximum Gasteiger partial charge on any atom is 0.255 e. The second-order valence-corrected chi connectivity index (χ2v) is 9.77. The van der Waals surface area contributed by atoms with Gasteiger partial charge in [0.2, 0.25) is 0 Å². The summed E-state index contributed by atoms with van der Waals surface area (Å²) in [5, 5.41) is 14.5. The summed E-state index contributed by atoms with van der Waals surface area (Å²) < 4.78 is 26.3. The number of nitrogens with zero attached hydrogens (tertiary/aromatic N) is 3. The van der Waals surface area contributed by atoms with E-state index in [2.05, 4.69) is 20.6 Å². The van der Waals surface area contributed by atoms with E-state index in [1.807, 2.05) is 20.8 Å². The normalized spacial score (nSPS) is 12.6. The van der Waals surface area contributed by atoms with E-state index in [0.29, 0.717) is 16.1 Å². The molecular formula is C20H23FN6O2S2. The molecule has 0 saturated heterocycles. The van der Waals surface area contributed by atoms with Gasteiger partial charge in [-0.25, -0.2) is 13.9 Å². The van der Waals surface area contributed by atoms with Crippen LogP contribution in [0.2, 0.25) is 0 Å². The molecule has 3 aromatic rings. The van der Waals surface area contributed by atoms with Gasteiger partial charge in [-0.05, 0) is 39.0 Å². The van der Waals surface area contributed by atoms with Gasteiger partial charge in [0.15, 0.2) is 18.0 Å². The van der Waals surface area contributed by atoms with Crippen molar-refractivity contribution in [2.45, 2.75) is 31.2 Å². The largest absolute Gasteiger partial charge is 0.388 e. The molecule has 1 atom stereocenters. The zero-order valence-electron chi connectivity index (χ0n) is 17.7. The summed E-state index contributed by atoms with van der Waals surface area (Å²) in [6.45, 7) is 5.52. The average molecular weight is 463 g/mol. The molecule has 2 aromatic heterocycles. The number of carbonyl (C=O) groups excluding carboxylic acids is 1. The molecule has 11 heteroatoms. The Bertz CT molecular complexity index is 1200. The second-order valence-electron chi connectivity index (χ2n) is 7.86. The van der Waals surface area contributed by atoms with Crippen LogP contribution in [-0.2, 0) is 10.8 Å². The quantitative estimate of drug-likeness (QED) is 0.483. The molecule has 3 rings (SSSR count). The molecule has 0 fully saturated rings. The fraction of sp³-hybridized carbons (Fsp3) is 0.300. The van der Waals surface area contributed by atoms with Gasteiger partial charge < -0.3 is 10.6 Å². The van der Waals surface area contributed by atoms with Crippen molar-refractivity contribution < 1.29 is 12.9 Å². The summed E-state index contributed by atoms with van der Waals surface area (Å²) in [5.74, 6) is -0.408. The monoisotopic (exact) mass is 462 g/mol. The minimum atomic E-state index is -1.16. The highest BCUT2D eigenvalue weighted by Gasteiger charge is 2.23. The summed E-state index contributed by atoms with van der Waals surface area (Å²) in [4.78, 5) is 22.1. The maximum atomic E-state index is 13.4. The van der Waals surface area contributed by atoms with Crippen LogP contribution in [0.1, 0.15) is 42.4 Å². The van der Waals surface area contributed by atoms with E-state index in [9.17, 15) is 12.9 Å². The first-order chi connectivity index (χ1) is 14.6. The Kier molecular flexibility index (Phi) is 6.46. The molecule has 8 nitrogen and oxygen atoms in total. The molecular weight excluding hydrogens is 439 g/mol. The van der Waals surface area contributed by atoms with Crippen LogP contribution in [0.15, 0.2) is 35.5 Å².